The lowest BCUT2D eigenvalue weighted by atomic mass is 10.0. The first kappa shape index (κ1) is 16.0. The fraction of sp³-hybridized carbons (Fsp3) is 0.462. The molecule has 0 aromatic heterocycles. The highest BCUT2D eigenvalue weighted by Gasteiger charge is 2.43. The number of rotatable bonds is 4. The number of likely N-dealkylation sites (tertiary alicyclic amines) is 1. The molecule has 0 radical (unpaired) electrons. The average molecular weight is 318 g/mol. The molecular formula is C13H17F3N4S. The van der Waals surface area contributed by atoms with E-state index in [2.05, 4.69) is 5.32 Å². The zero-order valence-electron chi connectivity index (χ0n) is 11.4. The van der Waals surface area contributed by atoms with Crippen LogP contribution in [-0.4, -0.2) is 42.4 Å². The van der Waals surface area contributed by atoms with Gasteiger partial charge in [0.2, 0.25) is 0 Å². The van der Waals surface area contributed by atoms with Crippen LogP contribution in [0.25, 0.3) is 0 Å². The van der Waals surface area contributed by atoms with Crippen LogP contribution in [0.4, 0.5) is 13.2 Å². The Morgan fingerprint density at radius 1 is 1.38 bits per heavy atom. The maximum absolute atomic E-state index is 13.2. The van der Waals surface area contributed by atoms with E-state index >= 15 is 0 Å². The predicted molar refractivity (Wildman–Crippen MR) is 77.4 cm³/mol. The molecule has 4 N–H and O–H groups in total. The molecule has 1 aromatic rings. The summed E-state index contributed by atoms with van der Waals surface area (Å²) in [5, 5.41) is 9.81. The molecule has 1 heterocycles. The van der Waals surface area contributed by atoms with Gasteiger partial charge in [0.1, 0.15) is 6.04 Å². The zero-order chi connectivity index (χ0) is 15.6. The number of thioether (sulfide) groups is 1. The van der Waals surface area contributed by atoms with Gasteiger partial charge in [-0.3, -0.25) is 10.7 Å². The van der Waals surface area contributed by atoms with E-state index in [1.54, 1.807) is 12.1 Å². The predicted octanol–water partition coefficient (Wildman–Crippen LogP) is 2.18. The first-order chi connectivity index (χ1) is 9.81. The van der Waals surface area contributed by atoms with Gasteiger partial charge < -0.3 is 10.6 Å². The van der Waals surface area contributed by atoms with Crippen LogP contribution in [0.15, 0.2) is 29.2 Å². The van der Waals surface area contributed by atoms with Crippen molar-refractivity contribution in [2.24, 2.45) is 5.73 Å². The fourth-order valence-corrected chi connectivity index (χ4v) is 2.60. The lowest BCUT2D eigenvalue weighted by Gasteiger charge is -2.42. The van der Waals surface area contributed by atoms with Crippen LogP contribution in [-0.2, 0) is 0 Å². The van der Waals surface area contributed by atoms with Crippen LogP contribution in [0.5, 0.6) is 0 Å². The van der Waals surface area contributed by atoms with Gasteiger partial charge in [0.05, 0.1) is 0 Å². The average Bonchev–Trinajstić information content (AvgIpc) is 2.35. The molecule has 8 heteroatoms. The van der Waals surface area contributed by atoms with Crippen molar-refractivity contribution < 1.29 is 13.2 Å². The van der Waals surface area contributed by atoms with E-state index in [0.29, 0.717) is 13.1 Å². The van der Waals surface area contributed by atoms with Gasteiger partial charge in [0, 0.05) is 24.0 Å². The quantitative estimate of drug-likeness (QED) is 0.452. The Kier molecular flexibility index (Phi) is 4.67. The van der Waals surface area contributed by atoms with Crippen molar-refractivity contribution in [3.63, 3.8) is 0 Å². The summed E-state index contributed by atoms with van der Waals surface area (Å²) in [6.45, 7) is 0.648. The second-order valence-electron chi connectivity index (χ2n) is 4.90. The number of nitrogens with zero attached hydrogens (tertiary/aromatic N) is 1. The Hall–Kier alpha value is -1.41. The summed E-state index contributed by atoms with van der Waals surface area (Å²) in [5.74, 6) is -0.110. The van der Waals surface area contributed by atoms with Crippen molar-refractivity contribution in [2.45, 2.75) is 23.2 Å². The van der Waals surface area contributed by atoms with Crippen molar-refractivity contribution in [3.05, 3.63) is 29.8 Å². The molecular weight excluding hydrogens is 301 g/mol. The van der Waals surface area contributed by atoms with Crippen molar-refractivity contribution in [1.29, 1.82) is 5.41 Å². The molecule has 1 aromatic carbocycles. The van der Waals surface area contributed by atoms with Crippen molar-refractivity contribution in [1.82, 2.24) is 10.2 Å². The molecule has 1 fully saturated rings. The minimum atomic E-state index is -4.36. The number of guanidine groups is 1. The summed E-state index contributed by atoms with van der Waals surface area (Å²) >= 11 is 1.48. The normalized spacial score (nSPS) is 17.4. The fourth-order valence-electron chi connectivity index (χ4n) is 2.19. The molecule has 4 nitrogen and oxygen atoms in total. The van der Waals surface area contributed by atoms with Gasteiger partial charge in [-0.25, -0.2) is 0 Å². The van der Waals surface area contributed by atoms with E-state index in [9.17, 15) is 13.2 Å². The number of halogens is 3. The Bertz CT molecular complexity index is 497. The van der Waals surface area contributed by atoms with E-state index in [4.69, 9.17) is 11.1 Å². The molecule has 0 saturated carbocycles. The van der Waals surface area contributed by atoms with Crippen LogP contribution < -0.4 is 11.1 Å². The summed E-state index contributed by atoms with van der Waals surface area (Å²) in [7, 11) is 0. The van der Waals surface area contributed by atoms with E-state index in [0.717, 1.165) is 4.90 Å². The van der Waals surface area contributed by atoms with Gasteiger partial charge in [-0.1, -0.05) is 12.1 Å². The van der Waals surface area contributed by atoms with Gasteiger partial charge >= 0.3 is 6.18 Å². The molecule has 21 heavy (non-hydrogen) atoms. The van der Waals surface area contributed by atoms with Gasteiger partial charge in [-0.15, -0.1) is 11.8 Å². The minimum Gasteiger partial charge on any atom is -0.370 e. The van der Waals surface area contributed by atoms with Crippen LogP contribution >= 0.6 is 11.8 Å². The largest absolute Gasteiger partial charge is 0.407 e. The van der Waals surface area contributed by atoms with Crippen molar-refractivity contribution >= 4 is 17.7 Å². The molecule has 116 valence electrons. The molecule has 1 atom stereocenters. The maximum Gasteiger partial charge on any atom is 0.407 e. The number of nitrogens with one attached hydrogen (secondary N) is 2. The molecule has 1 aliphatic heterocycles. The van der Waals surface area contributed by atoms with E-state index in [-0.39, 0.29) is 17.6 Å². The summed E-state index contributed by atoms with van der Waals surface area (Å²) in [6.07, 6.45) is -2.49. The summed E-state index contributed by atoms with van der Waals surface area (Å²) in [4.78, 5) is 2.44. The van der Waals surface area contributed by atoms with Crippen molar-refractivity contribution in [3.8, 4) is 0 Å². The molecule has 0 bridgehead atoms. The van der Waals surface area contributed by atoms with E-state index in [1.165, 1.54) is 28.8 Å². The first-order valence-corrected chi connectivity index (χ1v) is 7.59. The Morgan fingerprint density at radius 2 is 1.95 bits per heavy atom. The molecule has 0 aliphatic carbocycles. The summed E-state index contributed by atoms with van der Waals surface area (Å²) in [6, 6.07) is 4.34. The third kappa shape index (κ3) is 3.82. The Morgan fingerprint density at radius 3 is 2.38 bits per heavy atom. The second-order valence-corrected chi connectivity index (χ2v) is 5.78. The lowest BCUT2D eigenvalue weighted by molar-refractivity contribution is -0.161. The standard InChI is InChI=1S/C13H17F3N4S/c1-21-10-4-2-8(3-5-10)11(13(14,15)16)19-9-6-20(7-9)12(17)18/h2-5,9,11,19H,6-7H2,1H3,(H3,17,18). The highest BCUT2D eigenvalue weighted by Crippen LogP contribution is 2.34. The number of hydrogen-bond acceptors (Lipinski definition) is 3. The summed E-state index contributed by atoms with van der Waals surface area (Å²) in [5.41, 5.74) is 5.47. The molecule has 2 rings (SSSR count). The highest BCUT2D eigenvalue weighted by atomic mass is 32.2. The second kappa shape index (κ2) is 6.15. The first-order valence-electron chi connectivity index (χ1n) is 6.37. The molecule has 0 amide bonds. The van der Waals surface area contributed by atoms with Crippen LogP contribution in [0.2, 0.25) is 0 Å². The molecule has 1 unspecified atom stereocenters. The van der Waals surface area contributed by atoms with Gasteiger partial charge in [-0.05, 0) is 24.0 Å². The van der Waals surface area contributed by atoms with Gasteiger partial charge in [0.15, 0.2) is 5.96 Å². The number of benzene rings is 1. The lowest BCUT2D eigenvalue weighted by Crippen LogP contribution is -2.62. The monoisotopic (exact) mass is 318 g/mol. The number of nitrogens with two attached hydrogens (primary N) is 1. The third-order valence-corrected chi connectivity index (χ3v) is 4.14. The smallest absolute Gasteiger partial charge is 0.370 e. The molecule has 1 saturated heterocycles. The topological polar surface area (TPSA) is 65.1 Å². The Balaban J connectivity index is 2.07. The zero-order valence-corrected chi connectivity index (χ0v) is 12.3. The number of hydrogen-bond donors (Lipinski definition) is 3. The van der Waals surface area contributed by atoms with E-state index in [1.807, 2.05) is 6.26 Å². The van der Waals surface area contributed by atoms with Gasteiger partial charge in [0.25, 0.3) is 0 Å². The van der Waals surface area contributed by atoms with Crippen molar-refractivity contribution in [2.75, 3.05) is 19.3 Å². The third-order valence-electron chi connectivity index (χ3n) is 3.40. The van der Waals surface area contributed by atoms with Gasteiger partial charge in [-0.2, -0.15) is 13.2 Å². The molecule has 1 aliphatic rings. The highest BCUT2D eigenvalue weighted by molar-refractivity contribution is 7.98. The van der Waals surface area contributed by atoms with E-state index < -0.39 is 12.2 Å². The number of alkyl halides is 3. The van der Waals surface area contributed by atoms with Crippen LogP contribution in [0.3, 0.4) is 0 Å². The summed E-state index contributed by atoms with van der Waals surface area (Å²) < 4.78 is 39.6. The van der Waals surface area contributed by atoms with Crippen LogP contribution in [0.1, 0.15) is 11.6 Å². The Labute approximate surface area is 125 Å². The minimum absolute atomic E-state index is 0.110. The maximum atomic E-state index is 13.2. The molecule has 0 spiro atoms. The van der Waals surface area contributed by atoms with Crippen LogP contribution in [0, 0.1) is 5.41 Å². The SMILES string of the molecule is CSc1ccc(C(NC2CN(C(=N)N)C2)C(F)(F)F)cc1.